The lowest BCUT2D eigenvalue weighted by Crippen LogP contribution is -2.61. The van der Waals surface area contributed by atoms with Gasteiger partial charge in [0.15, 0.2) is 0 Å². The average molecular weight is 583 g/mol. The molecule has 3 aromatic carbocycles. The zero-order valence-corrected chi connectivity index (χ0v) is 26.3. The molecule has 2 aliphatic carbocycles. The molecule has 2 saturated carbocycles. The Morgan fingerprint density at radius 2 is 1.63 bits per heavy atom. The van der Waals surface area contributed by atoms with Gasteiger partial charge in [0.1, 0.15) is 18.9 Å². The molecule has 1 heterocycles. The van der Waals surface area contributed by atoms with Crippen LogP contribution < -0.4 is 0 Å². The Kier molecular flexibility index (Phi) is 7.78. The number of carbonyl (C=O) groups excluding carboxylic acids is 2. The average Bonchev–Trinajstić information content (AvgIpc) is 3.32. The molecular weight excluding hydrogens is 536 g/mol. The minimum atomic E-state index is -0.765. The molecular formula is C37H46N2O4. The molecule has 43 heavy (non-hydrogen) atoms. The minimum absolute atomic E-state index is 0.0162. The third-order valence-electron chi connectivity index (χ3n) is 11.4. The highest BCUT2D eigenvalue weighted by atomic mass is 16.6. The second-order valence-corrected chi connectivity index (χ2v) is 14.0. The molecule has 5 atom stereocenters. The molecule has 0 N–H and O–H groups in total. The molecule has 2 bridgehead atoms. The van der Waals surface area contributed by atoms with E-state index in [0.29, 0.717) is 18.8 Å². The van der Waals surface area contributed by atoms with Gasteiger partial charge < -0.3 is 14.4 Å². The van der Waals surface area contributed by atoms with Gasteiger partial charge in [0.2, 0.25) is 5.91 Å². The molecule has 0 unspecified atom stereocenters. The van der Waals surface area contributed by atoms with Crippen molar-refractivity contribution in [3.63, 3.8) is 0 Å². The quantitative estimate of drug-likeness (QED) is 0.288. The first-order valence-corrected chi connectivity index (χ1v) is 15.9. The number of amides is 2. The van der Waals surface area contributed by atoms with Crippen molar-refractivity contribution < 1.29 is 19.1 Å². The van der Waals surface area contributed by atoms with Crippen LogP contribution in [0, 0.1) is 16.7 Å². The van der Waals surface area contributed by atoms with Crippen LogP contribution in [0.1, 0.15) is 70.4 Å². The van der Waals surface area contributed by atoms with Crippen LogP contribution >= 0.6 is 0 Å². The second-order valence-electron chi connectivity index (χ2n) is 14.0. The van der Waals surface area contributed by atoms with Gasteiger partial charge in [-0.25, -0.2) is 4.79 Å². The van der Waals surface area contributed by atoms with E-state index in [-0.39, 0.29) is 28.9 Å². The summed E-state index contributed by atoms with van der Waals surface area (Å²) in [4.78, 5) is 31.5. The van der Waals surface area contributed by atoms with Gasteiger partial charge in [-0.2, -0.15) is 0 Å². The molecule has 6 rings (SSSR count). The number of ether oxygens (including phenoxy) is 2. The maximum atomic E-state index is 14.2. The molecule has 1 spiro atoms. The smallest absolute Gasteiger partial charge is 0.412 e. The highest BCUT2D eigenvalue weighted by Crippen LogP contribution is 2.72. The monoisotopic (exact) mass is 582 g/mol. The van der Waals surface area contributed by atoms with Crippen molar-refractivity contribution in [2.75, 3.05) is 14.1 Å². The van der Waals surface area contributed by atoms with Crippen molar-refractivity contribution in [3.8, 4) is 0 Å². The maximum Gasteiger partial charge on any atom is 0.412 e. The van der Waals surface area contributed by atoms with Crippen LogP contribution in [0.4, 0.5) is 4.79 Å². The highest BCUT2D eigenvalue weighted by molar-refractivity contribution is 5.87. The van der Waals surface area contributed by atoms with Crippen molar-refractivity contribution in [2.45, 2.75) is 90.2 Å². The molecule has 228 valence electrons. The SMILES string of the molecule is CN(C)C(=O)[C@@H](Cc1ccc2ccccc2c1)N(C(=O)OCc1ccccc1)[C@H]1CCC[C@]2(C[C@H]3CC[C@]2(C)C3(C)C)O1. The topological polar surface area (TPSA) is 59.1 Å². The van der Waals surface area contributed by atoms with Crippen molar-refractivity contribution in [2.24, 2.45) is 16.7 Å². The number of nitrogens with zero attached hydrogens (tertiary/aromatic N) is 2. The molecule has 6 heteroatoms. The van der Waals surface area contributed by atoms with E-state index in [2.05, 4.69) is 51.1 Å². The van der Waals surface area contributed by atoms with Crippen LogP contribution in [-0.2, 0) is 27.3 Å². The minimum Gasteiger partial charge on any atom is -0.444 e. The van der Waals surface area contributed by atoms with E-state index < -0.39 is 18.4 Å². The lowest BCUT2D eigenvalue weighted by molar-refractivity contribution is -0.234. The third kappa shape index (κ3) is 5.12. The summed E-state index contributed by atoms with van der Waals surface area (Å²) in [6.07, 6.45) is 5.32. The summed E-state index contributed by atoms with van der Waals surface area (Å²) >= 11 is 0. The normalized spacial score (nSPS) is 28.1. The molecule has 1 saturated heterocycles. The summed E-state index contributed by atoms with van der Waals surface area (Å²) < 4.78 is 13.2. The zero-order chi connectivity index (χ0) is 30.4. The van der Waals surface area contributed by atoms with E-state index in [4.69, 9.17) is 9.47 Å². The van der Waals surface area contributed by atoms with E-state index in [1.165, 1.54) is 6.42 Å². The molecule has 2 amide bonds. The van der Waals surface area contributed by atoms with Crippen LogP contribution in [-0.4, -0.2) is 53.8 Å². The van der Waals surface area contributed by atoms with Crippen LogP contribution in [0.5, 0.6) is 0 Å². The van der Waals surface area contributed by atoms with E-state index in [0.717, 1.165) is 47.6 Å². The van der Waals surface area contributed by atoms with Crippen LogP contribution in [0.2, 0.25) is 0 Å². The Morgan fingerprint density at radius 1 is 0.907 bits per heavy atom. The van der Waals surface area contributed by atoms with E-state index in [1.54, 1.807) is 23.9 Å². The van der Waals surface area contributed by atoms with Gasteiger partial charge in [-0.3, -0.25) is 9.69 Å². The van der Waals surface area contributed by atoms with Crippen molar-refractivity contribution in [1.29, 1.82) is 0 Å². The Balaban J connectivity index is 1.36. The fourth-order valence-corrected chi connectivity index (χ4v) is 8.52. The second kappa shape index (κ2) is 11.3. The molecule has 0 aromatic heterocycles. The number of carbonyl (C=O) groups is 2. The van der Waals surface area contributed by atoms with Gasteiger partial charge in [-0.15, -0.1) is 0 Å². The van der Waals surface area contributed by atoms with Gasteiger partial charge in [-0.1, -0.05) is 93.6 Å². The highest BCUT2D eigenvalue weighted by Gasteiger charge is 2.70. The number of benzene rings is 3. The largest absolute Gasteiger partial charge is 0.444 e. The first-order valence-electron chi connectivity index (χ1n) is 15.9. The Bertz CT molecular complexity index is 1490. The maximum absolute atomic E-state index is 14.2. The fourth-order valence-electron chi connectivity index (χ4n) is 8.52. The standard InChI is InChI=1S/C37H46N2O4/c1-35(2)30-19-21-36(35,3)37(24-30)20-11-16-32(43-37)39(34(41)42-25-26-12-7-6-8-13-26)31(33(40)38(4)5)23-27-17-18-28-14-9-10-15-29(28)22-27/h6-10,12-15,17-18,22,30-32H,11,16,19-21,23-25H2,1-5H3/t30-,31-,32-,36-,37-/m1/s1. The third-order valence-corrected chi connectivity index (χ3v) is 11.4. The zero-order valence-electron chi connectivity index (χ0n) is 26.3. The van der Waals surface area contributed by atoms with Crippen molar-refractivity contribution >= 4 is 22.8 Å². The lowest BCUT2D eigenvalue weighted by Gasteiger charge is -2.54. The van der Waals surface area contributed by atoms with Gasteiger partial charge >= 0.3 is 6.09 Å². The first kappa shape index (κ1) is 29.7. The summed E-state index contributed by atoms with van der Waals surface area (Å²) in [5.74, 6) is 0.471. The molecule has 3 aliphatic rings. The summed E-state index contributed by atoms with van der Waals surface area (Å²) in [6, 6.07) is 23.4. The number of hydrogen-bond acceptors (Lipinski definition) is 4. The van der Waals surface area contributed by atoms with Gasteiger partial charge in [0, 0.05) is 25.9 Å². The summed E-state index contributed by atoms with van der Waals surface area (Å²) in [6.45, 7) is 7.34. The summed E-state index contributed by atoms with van der Waals surface area (Å²) in [5.41, 5.74) is 1.77. The predicted octanol–water partition coefficient (Wildman–Crippen LogP) is 7.59. The Morgan fingerprint density at radius 3 is 2.30 bits per heavy atom. The van der Waals surface area contributed by atoms with Gasteiger partial charge in [0.05, 0.1) is 5.60 Å². The number of likely N-dealkylation sites (N-methyl/N-ethyl adjacent to an activating group) is 1. The summed E-state index contributed by atoms with van der Waals surface area (Å²) in [7, 11) is 3.51. The molecule has 0 radical (unpaired) electrons. The van der Waals surface area contributed by atoms with Crippen LogP contribution in [0.3, 0.4) is 0 Å². The first-order chi connectivity index (χ1) is 20.5. The van der Waals surface area contributed by atoms with Gasteiger partial charge in [0.25, 0.3) is 0 Å². The van der Waals surface area contributed by atoms with E-state index >= 15 is 0 Å². The van der Waals surface area contributed by atoms with E-state index in [1.807, 2.05) is 42.5 Å². The number of rotatable bonds is 7. The van der Waals surface area contributed by atoms with Crippen molar-refractivity contribution in [1.82, 2.24) is 9.80 Å². The predicted molar refractivity (Wildman–Crippen MR) is 169 cm³/mol. The Labute approximate surface area is 256 Å². The van der Waals surface area contributed by atoms with Crippen molar-refractivity contribution in [3.05, 3.63) is 83.9 Å². The molecule has 3 aromatic rings. The number of hydrogen-bond donors (Lipinski definition) is 0. The van der Waals surface area contributed by atoms with Crippen LogP contribution in [0.15, 0.2) is 72.8 Å². The van der Waals surface area contributed by atoms with Gasteiger partial charge in [-0.05, 0) is 71.8 Å². The molecule has 3 fully saturated rings. The molecule has 6 nitrogen and oxygen atoms in total. The molecule has 1 aliphatic heterocycles. The fraction of sp³-hybridized carbons (Fsp3) is 0.514. The van der Waals surface area contributed by atoms with Crippen LogP contribution in [0.25, 0.3) is 10.8 Å². The number of fused-ring (bicyclic) bond motifs is 4. The Hall–Kier alpha value is -3.38. The lowest BCUT2D eigenvalue weighted by atomic mass is 9.62. The van der Waals surface area contributed by atoms with E-state index in [9.17, 15) is 9.59 Å². The summed E-state index contributed by atoms with van der Waals surface area (Å²) in [5, 5.41) is 2.25.